The van der Waals surface area contributed by atoms with Gasteiger partial charge in [0.2, 0.25) is 0 Å². The van der Waals surface area contributed by atoms with E-state index in [1.807, 2.05) is 37.3 Å². The van der Waals surface area contributed by atoms with Crippen molar-refractivity contribution < 1.29 is 15.0 Å². The molecule has 0 saturated carbocycles. The SMILES string of the molecule is CCCC(C(=O)O)C(O)CCc1ccccc1. The van der Waals surface area contributed by atoms with Gasteiger partial charge in [0.1, 0.15) is 0 Å². The van der Waals surface area contributed by atoms with E-state index in [-0.39, 0.29) is 0 Å². The van der Waals surface area contributed by atoms with Gasteiger partial charge in [-0.2, -0.15) is 0 Å². The standard InChI is InChI=1S/C14H20O3/c1-2-6-12(14(16)17)13(15)10-9-11-7-4-3-5-8-11/h3-5,7-8,12-13,15H,2,6,9-10H2,1H3,(H,16,17). The summed E-state index contributed by atoms with van der Waals surface area (Å²) in [5, 5.41) is 18.9. The predicted molar refractivity (Wildman–Crippen MR) is 66.8 cm³/mol. The molecule has 3 heteroatoms. The van der Waals surface area contributed by atoms with E-state index in [9.17, 15) is 9.90 Å². The van der Waals surface area contributed by atoms with Crippen LogP contribution in [0.3, 0.4) is 0 Å². The van der Waals surface area contributed by atoms with Crippen molar-refractivity contribution in [1.29, 1.82) is 0 Å². The maximum atomic E-state index is 11.0. The Morgan fingerprint density at radius 1 is 1.24 bits per heavy atom. The zero-order valence-electron chi connectivity index (χ0n) is 10.2. The first-order chi connectivity index (χ1) is 8.15. The summed E-state index contributed by atoms with van der Waals surface area (Å²) in [5.41, 5.74) is 1.13. The number of aliphatic hydroxyl groups is 1. The second-order valence-electron chi connectivity index (χ2n) is 4.33. The van der Waals surface area contributed by atoms with Crippen molar-refractivity contribution in [3.05, 3.63) is 35.9 Å². The van der Waals surface area contributed by atoms with E-state index in [4.69, 9.17) is 5.11 Å². The van der Waals surface area contributed by atoms with Crippen molar-refractivity contribution >= 4 is 5.97 Å². The van der Waals surface area contributed by atoms with Crippen molar-refractivity contribution in [3.63, 3.8) is 0 Å². The number of carboxylic acid groups (broad SMARTS) is 1. The molecule has 0 bridgehead atoms. The predicted octanol–water partition coefficient (Wildman–Crippen LogP) is 2.48. The van der Waals surface area contributed by atoms with E-state index < -0.39 is 18.0 Å². The van der Waals surface area contributed by atoms with E-state index in [0.717, 1.165) is 18.4 Å². The lowest BCUT2D eigenvalue weighted by molar-refractivity contribution is -0.146. The number of benzene rings is 1. The van der Waals surface area contributed by atoms with Crippen LogP contribution in [0.2, 0.25) is 0 Å². The number of hydrogen-bond donors (Lipinski definition) is 2. The van der Waals surface area contributed by atoms with Gasteiger partial charge in [-0.3, -0.25) is 4.79 Å². The number of aryl methyl sites for hydroxylation is 1. The van der Waals surface area contributed by atoms with Gasteiger partial charge in [0.25, 0.3) is 0 Å². The molecular formula is C14H20O3. The molecule has 0 amide bonds. The molecular weight excluding hydrogens is 216 g/mol. The molecule has 2 unspecified atom stereocenters. The average molecular weight is 236 g/mol. The Bertz CT molecular complexity index is 335. The molecule has 2 atom stereocenters. The van der Waals surface area contributed by atoms with Crippen molar-refractivity contribution in [3.8, 4) is 0 Å². The highest BCUT2D eigenvalue weighted by molar-refractivity contribution is 5.70. The fourth-order valence-electron chi connectivity index (χ4n) is 1.95. The lowest BCUT2D eigenvalue weighted by Gasteiger charge is -2.18. The summed E-state index contributed by atoms with van der Waals surface area (Å²) in [5.74, 6) is -1.53. The van der Waals surface area contributed by atoms with Gasteiger partial charge in [0.15, 0.2) is 0 Å². The van der Waals surface area contributed by atoms with Gasteiger partial charge >= 0.3 is 5.97 Å². The lowest BCUT2D eigenvalue weighted by atomic mass is 9.93. The molecule has 17 heavy (non-hydrogen) atoms. The Morgan fingerprint density at radius 2 is 1.88 bits per heavy atom. The third kappa shape index (κ3) is 4.57. The molecule has 0 spiro atoms. The van der Waals surface area contributed by atoms with Crippen molar-refractivity contribution in [2.24, 2.45) is 5.92 Å². The fourth-order valence-corrected chi connectivity index (χ4v) is 1.95. The summed E-state index contributed by atoms with van der Waals surface area (Å²) in [6.45, 7) is 1.93. The minimum absolute atomic E-state index is 0.501. The molecule has 1 aromatic carbocycles. The van der Waals surface area contributed by atoms with E-state index >= 15 is 0 Å². The molecule has 0 aliphatic rings. The smallest absolute Gasteiger partial charge is 0.309 e. The second kappa shape index (κ2) is 7.07. The van der Waals surface area contributed by atoms with E-state index in [1.165, 1.54) is 0 Å². The van der Waals surface area contributed by atoms with Gasteiger partial charge in [-0.15, -0.1) is 0 Å². The zero-order valence-corrected chi connectivity index (χ0v) is 10.2. The van der Waals surface area contributed by atoms with Gasteiger partial charge in [0.05, 0.1) is 12.0 Å². The van der Waals surface area contributed by atoms with Gasteiger partial charge in [-0.1, -0.05) is 43.7 Å². The van der Waals surface area contributed by atoms with Crippen LogP contribution in [-0.2, 0) is 11.2 Å². The number of carboxylic acids is 1. The summed E-state index contributed by atoms with van der Waals surface area (Å²) in [6.07, 6.45) is 1.77. The first-order valence-electron chi connectivity index (χ1n) is 6.10. The first kappa shape index (κ1) is 13.7. The monoisotopic (exact) mass is 236 g/mol. The maximum absolute atomic E-state index is 11.0. The van der Waals surface area contributed by atoms with Crippen LogP contribution in [0.25, 0.3) is 0 Å². The molecule has 1 aromatic rings. The fraction of sp³-hybridized carbons (Fsp3) is 0.500. The number of aliphatic hydroxyl groups excluding tert-OH is 1. The Hall–Kier alpha value is -1.35. The number of rotatable bonds is 7. The summed E-state index contributed by atoms with van der Waals surface area (Å²) in [7, 11) is 0. The highest BCUT2D eigenvalue weighted by Gasteiger charge is 2.24. The highest BCUT2D eigenvalue weighted by Crippen LogP contribution is 2.17. The average Bonchev–Trinajstić information content (AvgIpc) is 2.34. The highest BCUT2D eigenvalue weighted by atomic mass is 16.4. The Balaban J connectivity index is 2.47. The van der Waals surface area contributed by atoms with Crippen LogP contribution >= 0.6 is 0 Å². The number of hydrogen-bond acceptors (Lipinski definition) is 2. The summed E-state index contributed by atoms with van der Waals surface area (Å²) in [6, 6.07) is 9.81. The molecule has 0 saturated heterocycles. The topological polar surface area (TPSA) is 57.5 Å². The molecule has 0 aromatic heterocycles. The van der Waals surface area contributed by atoms with E-state index in [1.54, 1.807) is 0 Å². The molecule has 0 fully saturated rings. The third-order valence-electron chi connectivity index (χ3n) is 2.95. The van der Waals surface area contributed by atoms with Gasteiger partial charge in [0, 0.05) is 0 Å². The molecule has 0 radical (unpaired) electrons. The van der Waals surface area contributed by atoms with Crippen LogP contribution in [0.5, 0.6) is 0 Å². The quantitative estimate of drug-likeness (QED) is 0.764. The van der Waals surface area contributed by atoms with Crippen LogP contribution in [0.1, 0.15) is 31.7 Å². The maximum Gasteiger partial charge on any atom is 0.309 e. The van der Waals surface area contributed by atoms with E-state index in [0.29, 0.717) is 12.8 Å². The van der Waals surface area contributed by atoms with Crippen LogP contribution < -0.4 is 0 Å². The Morgan fingerprint density at radius 3 is 2.41 bits per heavy atom. The minimum atomic E-state index is -0.896. The van der Waals surface area contributed by atoms with Crippen molar-refractivity contribution in [2.75, 3.05) is 0 Å². The van der Waals surface area contributed by atoms with Crippen LogP contribution in [-0.4, -0.2) is 22.3 Å². The van der Waals surface area contributed by atoms with Crippen LogP contribution in [0.4, 0.5) is 0 Å². The summed E-state index contributed by atoms with van der Waals surface area (Å²) < 4.78 is 0. The normalized spacial score (nSPS) is 14.2. The van der Waals surface area contributed by atoms with Crippen LogP contribution in [0.15, 0.2) is 30.3 Å². The lowest BCUT2D eigenvalue weighted by Crippen LogP contribution is -2.28. The summed E-state index contributed by atoms with van der Waals surface area (Å²) >= 11 is 0. The van der Waals surface area contributed by atoms with Gasteiger partial charge in [-0.25, -0.2) is 0 Å². The van der Waals surface area contributed by atoms with E-state index in [2.05, 4.69) is 0 Å². The van der Waals surface area contributed by atoms with Gasteiger partial charge < -0.3 is 10.2 Å². The second-order valence-corrected chi connectivity index (χ2v) is 4.33. The molecule has 2 N–H and O–H groups in total. The van der Waals surface area contributed by atoms with Crippen molar-refractivity contribution in [2.45, 2.75) is 38.7 Å². The Labute approximate surface area is 102 Å². The molecule has 0 aliphatic heterocycles. The molecule has 0 heterocycles. The number of aliphatic carboxylic acids is 1. The first-order valence-corrected chi connectivity index (χ1v) is 6.10. The zero-order chi connectivity index (χ0) is 12.7. The number of carbonyl (C=O) groups is 1. The molecule has 0 aliphatic carbocycles. The largest absolute Gasteiger partial charge is 0.481 e. The molecule has 3 nitrogen and oxygen atoms in total. The summed E-state index contributed by atoms with van der Waals surface area (Å²) in [4.78, 5) is 11.0. The van der Waals surface area contributed by atoms with Crippen LogP contribution in [0, 0.1) is 5.92 Å². The van der Waals surface area contributed by atoms with Crippen molar-refractivity contribution in [1.82, 2.24) is 0 Å². The molecule has 94 valence electrons. The third-order valence-corrected chi connectivity index (χ3v) is 2.95. The minimum Gasteiger partial charge on any atom is -0.481 e. The molecule has 1 rings (SSSR count). The van der Waals surface area contributed by atoms with Gasteiger partial charge in [-0.05, 0) is 24.8 Å². The Kier molecular flexibility index (Phi) is 5.70.